The number of hydrogen-bond donors (Lipinski definition) is 2. The molecule has 1 heterocycles. The van der Waals surface area contributed by atoms with Gasteiger partial charge in [0.15, 0.2) is 0 Å². The van der Waals surface area contributed by atoms with Gasteiger partial charge in [0.25, 0.3) is 0 Å². The Morgan fingerprint density at radius 1 is 1.45 bits per heavy atom. The van der Waals surface area contributed by atoms with Crippen molar-refractivity contribution in [2.75, 3.05) is 0 Å². The number of amides is 1. The largest absolute Gasteiger partial charge is 0.393 e. The molecule has 0 radical (unpaired) electrons. The zero-order valence-electron chi connectivity index (χ0n) is 6.42. The maximum absolute atomic E-state index is 10.9. The van der Waals surface area contributed by atoms with E-state index < -0.39 is 0 Å². The van der Waals surface area contributed by atoms with Crippen LogP contribution in [-0.2, 0) is 4.79 Å². The lowest BCUT2D eigenvalue weighted by molar-refractivity contribution is -0.119. The molecule has 0 spiro atoms. The number of carbonyl (C=O) groups is 1. The van der Waals surface area contributed by atoms with Crippen LogP contribution in [0.5, 0.6) is 0 Å². The standard InChI is InChI=1S/C8H13NO2/c10-6-2-1-5-3-8(11)9-7(5)4-6/h5-7,10H,1-4H2,(H,9,11). The van der Waals surface area contributed by atoms with E-state index >= 15 is 0 Å². The molecule has 62 valence electrons. The molecule has 1 aliphatic heterocycles. The van der Waals surface area contributed by atoms with Gasteiger partial charge >= 0.3 is 0 Å². The van der Waals surface area contributed by atoms with Crippen LogP contribution >= 0.6 is 0 Å². The molecule has 0 aromatic carbocycles. The van der Waals surface area contributed by atoms with Crippen LogP contribution in [0.3, 0.4) is 0 Å². The Kier molecular flexibility index (Phi) is 1.60. The lowest BCUT2D eigenvalue weighted by Crippen LogP contribution is -2.36. The number of hydrogen-bond acceptors (Lipinski definition) is 2. The van der Waals surface area contributed by atoms with Crippen molar-refractivity contribution in [3.8, 4) is 0 Å². The van der Waals surface area contributed by atoms with E-state index in [2.05, 4.69) is 5.32 Å². The molecule has 0 aromatic rings. The normalized spacial score (nSPS) is 43.4. The Labute approximate surface area is 65.8 Å². The third-order valence-corrected chi connectivity index (χ3v) is 2.76. The molecule has 2 aliphatic rings. The smallest absolute Gasteiger partial charge is 0.220 e. The SMILES string of the molecule is O=C1CC2CCC(O)CC2N1. The summed E-state index contributed by atoms with van der Waals surface area (Å²) < 4.78 is 0. The summed E-state index contributed by atoms with van der Waals surface area (Å²) >= 11 is 0. The van der Waals surface area contributed by atoms with Crippen LogP contribution in [0.1, 0.15) is 25.7 Å². The summed E-state index contributed by atoms with van der Waals surface area (Å²) in [4.78, 5) is 10.9. The first-order chi connectivity index (χ1) is 5.25. The first-order valence-corrected chi connectivity index (χ1v) is 4.23. The zero-order chi connectivity index (χ0) is 7.84. The van der Waals surface area contributed by atoms with Gasteiger partial charge in [0.2, 0.25) is 5.91 Å². The van der Waals surface area contributed by atoms with E-state index in [1.54, 1.807) is 0 Å². The average Bonchev–Trinajstić information content (AvgIpc) is 2.27. The van der Waals surface area contributed by atoms with Gasteiger partial charge in [-0.2, -0.15) is 0 Å². The Bertz CT molecular complexity index is 181. The minimum atomic E-state index is -0.186. The molecule has 1 saturated heterocycles. The van der Waals surface area contributed by atoms with E-state index in [1.807, 2.05) is 0 Å². The molecular weight excluding hydrogens is 142 g/mol. The third kappa shape index (κ3) is 1.25. The third-order valence-electron chi connectivity index (χ3n) is 2.76. The van der Waals surface area contributed by atoms with Gasteiger partial charge in [0.05, 0.1) is 6.10 Å². The Morgan fingerprint density at radius 3 is 3.09 bits per heavy atom. The van der Waals surface area contributed by atoms with Gasteiger partial charge in [-0.1, -0.05) is 0 Å². The fourth-order valence-corrected chi connectivity index (χ4v) is 2.14. The topological polar surface area (TPSA) is 49.3 Å². The molecule has 11 heavy (non-hydrogen) atoms. The highest BCUT2D eigenvalue weighted by Gasteiger charge is 2.36. The van der Waals surface area contributed by atoms with E-state index in [0.29, 0.717) is 12.3 Å². The van der Waals surface area contributed by atoms with Gasteiger partial charge in [-0.05, 0) is 25.2 Å². The van der Waals surface area contributed by atoms with Crippen molar-refractivity contribution in [3.05, 3.63) is 0 Å². The van der Waals surface area contributed by atoms with Crippen LogP contribution in [-0.4, -0.2) is 23.2 Å². The zero-order valence-corrected chi connectivity index (χ0v) is 6.42. The lowest BCUT2D eigenvalue weighted by Gasteiger charge is -2.27. The molecule has 2 rings (SSSR count). The van der Waals surface area contributed by atoms with Crippen molar-refractivity contribution < 1.29 is 9.90 Å². The van der Waals surface area contributed by atoms with E-state index in [0.717, 1.165) is 19.3 Å². The van der Waals surface area contributed by atoms with Gasteiger partial charge < -0.3 is 10.4 Å². The van der Waals surface area contributed by atoms with Crippen LogP contribution in [0, 0.1) is 5.92 Å². The molecule has 2 N–H and O–H groups in total. The minimum Gasteiger partial charge on any atom is -0.393 e. The van der Waals surface area contributed by atoms with E-state index in [4.69, 9.17) is 0 Å². The van der Waals surface area contributed by atoms with Gasteiger partial charge in [-0.15, -0.1) is 0 Å². The first kappa shape index (κ1) is 7.10. The number of carbonyl (C=O) groups excluding carboxylic acids is 1. The summed E-state index contributed by atoms with van der Waals surface area (Å²) in [6.07, 6.45) is 3.13. The monoisotopic (exact) mass is 155 g/mol. The Hall–Kier alpha value is -0.570. The first-order valence-electron chi connectivity index (χ1n) is 4.23. The molecule has 3 atom stereocenters. The minimum absolute atomic E-state index is 0.161. The molecule has 1 amide bonds. The Balaban J connectivity index is 2.02. The van der Waals surface area contributed by atoms with Crippen molar-refractivity contribution in [2.24, 2.45) is 5.92 Å². The maximum Gasteiger partial charge on any atom is 0.220 e. The fourth-order valence-electron chi connectivity index (χ4n) is 2.14. The van der Waals surface area contributed by atoms with Crippen molar-refractivity contribution in [1.29, 1.82) is 0 Å². The molecule has 2 fully saturated rings. The predicted molar refractivity (Wildman–Crippen MR) is 39.9 cm³/mol. The van der Waals surface area contributed by atoms with Crippen molar-refractivity contribution in [2.45, 2.75) is 37.8 Å². The van der Waals surface area contributed by atoms with Crippen LogP contribution in [0.15, 0.2) is 0 Å². The predicted octanol–water partition coefficient (Wildman–Crippen LogP) is 0.0359. The van der Waals surface area contributed by atoms with Crippen molar-refractivity contribution in [1.82, 2.24) is 5.32 Å². The maximum atomic E-state index is 10.9. The molecule has 0 bridgehead atoms. The highest BCUT2D eigenvalue weighted by atomic mass is 16.3. The molecule has 3 unspecified atom stereocenters. The highest BCUT2D eigenvalue weighted by Crippen LogP contribution is 2.30. The summed E-state index contributed by atoms with van der Waals surface area (Å²) in [5.74, 6) is 0.667. The van der Waals surface area contributed by atoms with Gasteiger partial charge in [-0.25, -0.2) is 0 Å². The molecule has 1 saturated carbocycles. The lowest BCUT2D eigenvalue weighted by atomic mass is 9.84. The van der Waals surface area contributed by atoms with Gasteiger partial charge in [0.1, 0.15) is 0 Å². The summed E-state index contributed by atoms with van der Waals surface area (Å²) in [6, 6.07) is 0.270. The Morgan fingerprint density at radius 2 is 2.27 bits per heavy atom. The van der Waals surface area contributed by atoms with Crippen LogP contribution in [0.2, 0.25) is 0 Å². The number of nitrogens with one attached hydrogen (secondary N) is 1. The van der Waals surface area contributed by atoms with Gasteiger partial charge in [-0.3, -0.25) is 4.79 Å². The molecular formula is C8H13NO2. The highest BCUT2D eigenvalue weighted by molar-refractivity contribution is 5.79. The van der Waals surface area contributed by atoms with E-state index in [9.17, 15) is 9.90 Å². The second-order valence-electron chi connectivity index (χ2n) is 3.61. The number of rotatable bonds is 0. The number of aliphatic hydroxyl groups excluding tert-OH is 1. The molecule has 3 heteroatoms. The summed E-state index contributed by atoms with van der Waals surface area (Å²) in [5, 5.41) is 12.2. The summed E-state index contributed by atoms with van der Waals surface area (Å²) in [7, 11) is 0. The molecule has 1 aliphatic carbocycles. The van der Waals surface area contributed by atoms with Crippen LogP contribution in [0.25, 0.3) is 0 Å². The number of aliphatic hydroxyl groups is 1. The second-order valence-corrected chi connectivity index (χ2v) is 3.61. The summed E-state index contributed by atoms with van der Waals surface area (Å²) in [5.41, 5.74) is 0. The van der Waals surface area contributed by atoms with Crippen molar-refractivity contribution >= 4 is 5.91 Å². The van der Waals surface area contributed by atoms with Crippen LogP contribution < -0.4 is 5.32 Å². The van der Waals surface area contributed by atoms with Crippen LogP contribution in [0.4, 0.5) is 0 Å². The second kappa shape index (κ2) is 2.48. The average molecular weight is 155 g/mol. The van der Waals surface area contributed by atoms with E-state index in [1.165, 1.54) is 0 Å². The molecule has 3 nitrogen and oxygen atoms in total. The van der Waals surface area contributed by atoms with Gasteiger partial charge in [0, 0.05) is 12.5 Å². The fraction of sp³-hybridized carbons (Fsp3) is 0.875. The van der Waals surface area contributed by atoms with Crippen molar-refractivity contribution in [3.63, 3.8) is 0 Å². The van der Waals surface area contributed by atoms with E-state index in [-0.39, 0.29) is 18.1 Å². The quantitative estimate of drug-likeness (QED) is 0.518. The molecule has 0 aromatic heterocycles. The summed E-state index contributed by atoms with van der Waals surface area (Å²) in [6.45, 7) is 0. The number of fused-ring (bicyclic) bond motifs is 1.